The molecule has 2 nitrogen and oxygen atoms in total. The van der Waals surface area contributed by atoms with E-state index in [1.54, 1.807) is 0 Å². The van der Waals surface area contributed by atoms with Crippen molar-refractivity contribution in [1.29, 1.82) is 0 Å². The van der Waals surface area contributed by atoms with Gasteiger partial charge in [0.05, 0.1) is 0 Å². The third-order valence-electron chi connectivity index (χ3n) is 3.37. The summed E-state index contributed by atoms with van der Waals surface area (Å²) in [6, 6.07) is 1.86. The summed E-state index contributed by atoms with van der Waals surface area (Å²) in [6.07, 6.45) is 9.44. The fourth-order valence-corrected chi connectivity index (χ4v) is 2.59. The highest BCUT2D eigenvalue weighted by Gasteiger charge is 2.26. The highest BCUT2D eigenvalue weighted by atomic mass is 15.0. The lowest BCUT2D eigenvalue weighted by Gasteiger charge is -2.21. The van der Waals surface area contributed by atoms with Crippen molar-refractivity contribution in [2.75, 3.05) is 0 Å². The zero-order chi connectivity index (χ0) is 8.39. The van der Waals surface area contributed by atoms with E-state index in [1.807, 2.05) is 0 Å². The Hall–Kier alpha value is -0.0800. The second-order valence-corrected chi connectivity index (χ2v) is 4.35. The average Bonchev–Trinajstić information content (AvgIpc) is 2.65. The largest absolute Gasteiger partial charge is 0.326 e. The van der Waals surface area contributed by atoms with Crippen LogP contribution in [0, 0.1) is 0 Å². The van der Waals surface area contributed by atoms with E-state index in [0.717, 1.165) is 6.04 Å². The molecule has 2 heteroatoms. The van der Waals surface area contributed by atoms with E-state index in [-0.39, 0.29) is 0 Å². The molecular formula is C10H20N2. The Morgan fingerprint density at radius 3 is 2.25 bits per heavy atom. The van der Waals surface area contributed by atoms with Crippen LogP contribution < -0.4 is 11.1 Å². The second-order valence-electron chi connectivity index (χ2n) is 4.35. The lowest BCUT2D eigenvalue weighted by Crippen LogP contribution is -2.45. The summed E-state index contributed by atoms with van der Waals surface area (Å²) in [7, 11) is 0. The van der Waals surface area contributed by atoms with Crippen LogP contribution >= 0.6 is 0 Å². The highest BCUT2D eigenvalue weighted by molar-refractivity contribution is 4.89. The third-order valence-corrected chi connectivity index (χ3v) is 3.37. The van der Waals surface area contributed by atoms with Crippen molar-refractivity contribution in [3.63, 3.8) is 0 Å². The van der Waals surface area contributed by atoms with Crippen LogP contribution in [0.4, 0.5) is 0 Å². The predicted octanol–water partition coefficient (Wildman–Crippen LogP) is 1.40. The molecule has 0 saturated heterocycles. The molecule has 2 aliphatic rings. The number of nitrogens with two attached hydrogens (primary N) is 1. The molecule has 0 amide bonds. The second kappa shape index (κ2) is 3.75. The Balaban J connectivity index is 1.77. The zero-order valence-corrected chi connectivity index (χ0v) is 7.76. The molecule has 0 spiro atoms. The number of rotatable bonds is 2. The molecule has 2 fully saturated rings. The van der Waals surface area contributed by atoms with Crippen molar-refractivity contribution in [3.8, 4) is 0 Å². The van der Waals surface area contributed by atoms with Gasteiger partial charge in [-0.3, -0.25) is 0 Å². The lowest BCUT2D eigenvalue weighted by atomic mass is 10.1. The molecule has 2 atom stereocenters. The first-order valence-electron chi connectivity index (χ1n) is 5.38. The Morgan fingerprint density at radius 2 is 1.67 bits per heavy atom. The molecule has 3 N–H and O–H groups in total. The van der Waals surface area contributed by atoms with Gasteiger partial charge in [0.25, 0.3) is 0 Å². The minimum atomic E-state index is 0.436. The van der Waals surface area contributed by atoms with Crippen molar-refractivity contribution in [1.82, 2.24) is 5.32 Å². The Kier molecular flexibility index (Phi) is 2.66. The third kappa shape index (κ3) is 1.80. The lowest BCUT2D eigenvalue weighted by molar-refractivity contribution is 0.407. The molecule has 0 heterocycles. The highest BCUT2D eigenvalue weighted by Crippen LogP contribution is 2.23. The van der Waals surface area contributed by atoms with Crippen molar-refractivity contribution in [3.05, 3.63) is 0 Å². The van der Waals surface area contributed by atoms with Crippen LogP contribution in [0.25, 0.3) is 0 Å². The molecule has 2 saturated carbocycles. The van der Waals surface area contributed by atoms with Gasteiger partial charge >= 0.3 is 0 Å². The van der Waals surface area contributed by atoms with Crippen LogP contribution in [0.3, 0.4) is 0 Å². The van der Waals surface area contributed by atoms with E-state index in [0.29, 0.717) is 12.1 Å². The van der Waals surface area contributed by atoms with Crippen molar-refractivity contribution in [2.24, 2.45) is 5.73 Å². The molecule has 12 heavy (non-hydrogen) atoms. The van der Waals surface area contributed by atoms with Gasteiger partial charge in [-0.05, 0) is 25.7 Å². The maximum absolute atomic E-state index is 5.99. The monoisotopic (exact) mass is 168 g/mol. The molecule has 70 valence electrons. The smallest absolute Gasteiger partial charge is 0.0221 e. The SMILES string of the molecule is N[C@H]1CCC[C@H]1NC1CCCC1. The standard InChI is InChI=1S/C10H20N2/c11-9-6-3-7-10(9)12-8-4-1-2-5-8/h8-10,12H,1-7,11H2/t9-,10+/m0/s1. The van der Waals surface area contributed by atoms with Crippen LogP contribution in [0.1, 0.15) is 44.9 Å². The first-order valence-corrected chi connectivity index (χ1v) is 5.38. The van der Waals surface area contributed by atoms with Crippen LogP contribution in [0.15, 0.2) is 0 Å². The van der Waals surface area contributed by atoms with Gasteiger partial charge in [-0.15, -0.1) is 0 Å². The van der Waals surface area contributed by atoms with Crippen molar-refractivity contribution < 1.29 is 0 Å². The van der Waals surface area contributed by atoms with Crippen molar-refractivity contribution in [2.45, 2.75) is 63.1 Å². The van der Waals surface area contributed by atoms with E-state index < -0.39 is 0 Å². The molecule has 2 aliphatic carbocycles. The molecule has 2 rings (SSSR count). The summed E-state index contributed by atoms with van der Waals surface area (Å²) in [6.45, 7) is 0. The van der Waals surface area contributed by atoms with Crippen LogP contribution in [-0.2, 0) is 0 Å². The molecule has 0 aromatic carbocycles. The topological polar surface area (TPSA) is 38.0 Å². The summed E-state index contributed by atoms with van der Waals surface area (Å²) in [5.74, 6) is 0. The van der Waals surface area contributed by atoms with E-state index in [1.165, 1.54) is 44.9 Å². The fraction of sp³-hybridized carbons (Fsp3) is 1.00. The maximum atomic E-state index is 5.99. The summed E-state index contributed by atoms with van der Waals surface area (Å²) >= 11 is 0. The molecule has 0 bridgehead atoms. The summed E-state index contributed by atoms with van der Waals surface area (Å²) in [5, 5.41) is 3.70. The maximum Gasteiger partial charge on any atom is 0.0221 e. The molecule has 0 aromatic heterocycles. The minimum Gasteiger partial charge on any atom is -0.326 e. The van der Waals surface area contributed by atoms with Gasteiger partial charge in [0, 0.05) is 18.1 Å². The van der Waals surface area contributed by atoms with Crippen LogP contribution in [-0.4, -0.2) is 18.1 Å². The van der Waals surface area contributed by atoms with Gasteiger partial charge in [-0.25, -0.2) is 0 Å². The van der Waals surface area contributed by atoms with E-state index >= 15 is 0 Å². The van der Waals surface area contributed by atoms with Gasteiger partial charge in [-0.1, -0.05) is 19.3 Å². The van der Waals surface area contributed by atoms with Gasteiger partial charge in [0.15, 0.2) is 0 Å². The number of hydrogen-bond acceptors (Lipinski definition) is 2. The van der Waals surface area contributed by atoms with Crippen LogP contribution in [0.2, 0.25) is 0 Å². The van der Waals surface area contributed by atoms with E-state index in [4.69, 9.17) is 5.73 Å². The summed E-state index contributed by atoms with van der Waals surface area (Å²) in [5.41, 5.74) is 5.99. The predicted molar refractivity (Wildman–Crippen MR) is 51.0 cm³/mol. The van der Waals surface area contributed by atoms with Crippen LogP contribution in [0.5, 0.6) is 0 Å². The average molecular weight is 168 g/mol. The number of hydrogen-bond donors (Lipinski definition) is 2. The molecule has 0 aromatic rings. The minimum absolute atomic E-state index is 0.436. The van der Waals surface area contributed by atoms with Gasteiger partial charge < -0.3 is 11.1 Å². The van der Waals surface area contributed by atoms with Gasteiger partial charge in [0.2, 0.25) is 0 Å². The first-order chi connectivity index (χ1) is 5.86. The molecule has 0 radical (unpaired) electrons. The van der Waals surface area contributed by atoms with Gasteiger partial charge in [-0.2, -0.15) is 0 Å². The summed E-state index contributed by atoms with van der Waals surface area (Å²) < 4.78 is 0. The Morgan fingerprint density at radius 1 is 0.917 bits per heavy atom. The zero-order valence-electron chi connectivity index (χ0n) is 7.76. The number of nitrogens with one attached hydrogen (secondary N) is 1. The first kappa shape index (κ1) is 8.52. The Bertz CT molecular complexity index is 141. The van der Waals surface area contributed by atoms with Gasteiger partial charge in [0.1, 0.15) is 0 Å². The molecule has 0 unspecified atom stereocenters. The van der Waals surface area contributed by atoms with Crippen molar-refractivity contribution >= 4 is 0 Å². The van der Waals surface area contributed by atoms with E-state index in [2.05, 4.69) is 5.32 Å². The normalized spacial score (nSPS) is 37.8. The summed E-state index contributed by atoms with van der Waals surface area (Å²) in [4.78, 5) is 0. The Labute approximate surface area is 74.9 Å². The molecular weight excluding hydrogens is 148 g/mol. The fourth-order valence-electron chi connectivity index (χ4n) is 2.59. The van der Waals surface area contributed by atoms with E-state index in [9.17, 15) is 0 Å². The quantitative estimate of drug-likeness (QED) is 0.654. The molecule has 0 aliphatic heterocycles.